The van der Waals surface area contributed by atoms with Crippen LogP contribution in [0.1, 0.15) is 46.5 Å². The Morgan fingerprint density at radius 2 is 1.88 bits per heavy atom. The SMILES string of the molecule is CCCn1c(C)cc(C(=O)CSc2nc(C)c(C)n2CCOC)c1C. The fourth-order valence-corrected chi connectivity index (χ4v) is 4.04. The van der Waals surface area contributed by atoms with Gasteiger partial charge in [-0.05, 0) is 40.2 Å². The molecule has 0 aliphatic carbocycles. The molecule has 0 unspecified atom stereocenters. The number of thioether (sulfide) groups is 1. The number of hydrogen-bond acceptors (Lipinski definition) is 4. The van der Waals surface area contributed by atoms with Crippen molar-refractivity contribution in [3.05, 3.63) is 34.4 Å². The van der Waals surface area contributed by atoms with Gasteiger partial charge in [-0.1, -0.05) is 18.7 Å². The summed E-state index contributed by atoms with van der Waals surface area (Å²) in [5, 5.41) is 0.891. The first-order valence-corrected chi connectivity index (χ1v) is 9.74. The van der Waals surface area contributed by atoms with E-state index in [4.69, 9.17) is 4.74 Å². The quantitative estimate of drug-likeness (QED) is 0.500. The number of aryl methyl sites for hydroxylation is 2. The summed E-state index contributed by atoms with van der Waals surface area (Å²) in [7, 11) is 1.70. The molecule has 0 radical (unpaired) electrons. The number of aromatic nitrogens is 3. The Labute approximate surface area is 154 Å². The van der Waals surface area contributed by atoms with Gasteiger partial charge in [-0.15, -0.1) is 0 Å². The topological polar surface area (TPSA) is 49.0 Å². The van der Waals surface area contributed by atoms with Gasteiger partial charge in [-0.25, -0.2) is 4.98 Å². The lowest BCUT2D eigenvalue weighted by Crippen LogP contribution is -2.10. The van der Waals surface area contributed by atoms with E-state index >= 15 is 0 Å². The summed E-state index contributed by atoms with van der Waals surface area (Å²) in [6.07, 6.45) is 1.06. The summed E-state index contributed by atoms with van der Waals surface area (Å²) >= 11 is 1.51. The van der Waals surface area contributed by atoms with Crippen LogP contribution in [0.5, 0.6) is 0 Å². The van der Waals surface area contributed by atoms with Crippen molar-refractivity contribution >= 4 is 17.5 Å². The first-order chi connectivity index (χ1) is 11.9. The van der Waals surface area contributed by atoms with Crippen LogP contribution in [0, 0.1) is 27.7 Å². The van der Waals surface area contributed by atoms with Gasteiger partial charge in [-0.3, -0.25) is 4.79 Å². The maximum Gasteiger partial charge on any atom is 0.175 e. The molecule has 0 aromatic carbocycles. The van der Waals surface area contributed by atoms with Gasteiger partial charge in [0.15, 0.2) is 10.9 Å². The largest absolute Gasteiger partial charge is 0.383 e. The van der Waals surface area contributed by atoms with E-state index in [2.05, 4.69) is 34.9 Å². The van der Waals surface area contributed by atoms with Crippen molar-refractivity contribution in [1.82, 2.24) is 14.1 Å². The van der Waals surface area contributed by atoms with Crippen LogP contribution >= 0.6 is 11.8 Å². The van der Waals surface area contributed by atoms with Gasteiger partial charge in [0.1, 0.15) is 0 Å². The van der Waals surface area contributed by atoms with Gasteiger partial charge in [0, 0.05) is 42.8 Å². The van der Waals surface area contributed by atoms with Crippen molar-refractivity contribution < 1.29 is 9.53 Å². The maximum absolute atomic E-state index is 12.7. The third-order valence-electron chi connectivity index (χ3n) is 4.60. The zero-order valence-electron chi connectivity index (χ0n) is 16.2. The Morgan fingerprint density at radius 3 is 2.52 bits per heavy atom. The number of imidazole rings is 1. The van der Waals surface area contributed by atoms with E-state index in [0.29, 0.717) is 12.4 Å². The number of hydrogen-bond donors (Lipinski definition) is 0. The van der Waals surface area contributed by atoms with Crippen molar-refractivity contribution in [3.8, 4) is 0 Å². The number of methoxy groups -OCH3 is 1. The predicted molar refractivity (Wildman–Crippen MR) is 103 cm³/mol. The van der Waals surface area contributed by atoms with Gasteiger partial charge in [0.05, 0.1) is 18.1 Å². The molecule has 0 N–H and O–H groups in total. The van der Waals surface area contributed by atoms with Crippen LogP contribution in [-0.2, 0) is 17.8 Å². The number of nitrogens with zero attached hydrogens (tertiary/aromatic N) is 3. The summed E-state index contributed by atoms with van der Waals surface area (Å²) in [5.74, 6) is 0.566. The monoisotopic (exact) mass is 363 g/mol. The molecule has 0 spiro atoms. The molecule has 0 saturated heterocycles. The van der Waals surface area contributed by atoms with Crippen molar-refractivity contribution in [2.24, 2.45) is 0 Å². The molecular formula is C19H29N3O2S. The summed E-state index contributed by atoms with van der Waals surface area (Å²) in [4.78, 5) is 17.3. The summed E-state index contributed by atoms with van der Waals surface area (Å²) < 4.78 is 9.55. The third-order valence-corrected chi connectivity index (χ3v) is 5.57. The van der Waals surface area contributed by atoms with Gasteiger partial charge in [0.2, 0.25) is 0 Å². The second-order valence-electron chi connectivity index (χ2n) is 6.36. The molecule has 0 saturated carbocycles. The number of Topliss-reactive ketones (excluding diaryl/α,β-unsaturated/α-hetero) is 1. The van der Waals surface area contributed by atoms with E-state index in [1.807, 2.05) is 19.9 Å². The van der Waals surface area contributed by atoms with Gasteiger partial charge in [0.25, 0.3) is 0 Å². The van der Waals surface area contributed by atoms with Gasteiger partial charge >= 0.3 is 0 Å². The first-order valence-electron chi connectivity index (χ1n) is 8.76. The minimum atomic E-state index is 0.164. The van der Waals surface area contributed by atoms with E-state index < -0.39 is 0 Å². The Hall–Kier alpha value is -1.53. The Bertz CT molecular complexity index is 746. The molecule has 138 valence electrons. The minimum absolute atomic E-state index is 0.164. The molecule has 6 heteroatoms. The number of ether oxygens (including phenoxy) is 1. The highest BCUT2D eigenvalue weighted by molar-refractivity contribution is 7.99. The maximum atomic E-state index is 12.7. The summed E-state index contributed by atoms with van der Waals surface area (Å²) in [5.41, 5.74) is 5.20. The lowest BCUT2D eigenvalue weighted by atomic mass is 10.2. The van der Waals surface area contributed by atoms with Crippen LogP contribution in [0.25, 0.3) is 0 Å². The molecule has 0 atom stereocenters. The van der Waals surface area contributed by atoms with Crippen molar-refractivity contribution in [2.75, 3.05) is 19.5 Å². The minimum Gasteiger partial charge on any atom is -0.383 e. The summed E-state index contributed by atoms with van der Waals surface area (Å²) in [6, 6.07) is 2.02. The molecular weight excluding hydrogens is 334 g/mol. The normalized spacial score (nSPS) is 11.3. The van der Waals surface area contributed by atoms with Gasteiger partial charge < -0.3 is 13.9 Å². The molecule has 2 heterocycles. The zero-order valence-corrected chi connectivity index (χ0v) is 17.0. The van der Waals surface area contributed by atoms with Crippen LogP contribution in [0.4, 0.5) is 0 Å². The molecule has 0 amide bonds. The first kappa shape index (κ1) is 19.8. The highest BCUT2D eigenvalue weighted by Crippen LogP contribution is 2.24. The fraction of sp³-hybridized carbons (Fsp3) is 0.579. The molecule has 0 aliphatic heterocycles. The number of carbonyl (C=O) groups is 1. The molecule has 5 nitrogen and oxygen atoms in total. The second kappa shape index (κ2) is 8.72. The molecule has 0 bridgehead atoms. The molecule has 0 fully saturated rings. The smallest absolute Gasteiger partial charge is 0.175 e. The highest BCUT2D eigenvalue weighted by Gasteiger charge is 2.18. The van der Waals surface area contributed by atoms with Crippen LogP contribution in [0.3, 0.4) is 0 Å². The average Bonchev–Trinajstić information content (AvgIpc) is 3.02. The van der Waals surface area contributed by atoms with Crippen molar-refractivity contribution in [1.29, 1.82) is 0 Å². The lowest BCUT2D eigenvalue weighted by Gasteiger charge is -2.09. The third kappa shape index (κ3) is 4.36. The van der Waals surface area contributed by atoms with E-state index in [9.17, 15) is 4.79 Å². The Balaban J connectivity index is 2.13. The fourth-order valence-electron chi connectivity index (χ4n) is 3.04. The van der Waals surface area contributed by atoms with E-state index in [-0.39, 0.29) is 5.78 Å². The molecule has 2 rings (SSSR count). The molecule has 0 aliphatic rings. The molecule has 25 heavy (non-hydrogen) atoms. The number of rotatable bonds is 9. The molecule has 2 aromatic heterocycles. The van der Waals surface area contributed by atoms with E-state index in [1.54, 1.807) is 7.11 Å². The lowest BCUT2D eigenvalue weighted by molar-refractivity contribution is 0.102. The average molecular weight is 364 g/mol. The van der Waals surface area contributed by atoms with Crippen molar-refractivity contribution in [2.45, 2.75) is 59.3 Å². The van der Waals surface area contributed by atoms with Crippen LogP contribution < -0.4 is 0 Å². The van der Waals surface area contributed by atoms with Gasteiger partial charge in [-0.2, -0.15) is 0 Å². The zero-order chi connectivity index (χ0) is 18.6. The number of carbonyl (C=O) groups excluding carboxylic acids is 1. The standard InChI is InChI=1S/C19H29N3O2S/c1-7-8-21-13(2)11-17(16(21)5)18(23)12-25-19-20-14(3)15(4)22(19)9-10-24-6/h11H,7-10,12H2,1-6H3. The predicted octanol–water partition coefficient (Wildman–Crippen LogP) is 3.95. The van der Waals surface area contributed by atoms with E-state index in [1.165, 1.54) is 11.8 Å². The Morgan fingerprint density at radius 1 is 1.16 bits per heavy atom. The van der Waals surface area contributed by atoms with Crippen LogP contribution in [0.2, 0.25) is 0 Å². The van der Waals surface area contributed by atoms with Crippen molar-refractivity contribution in [3.63, 3.8) is 0 Å². The summed E-state index contributed by atoms with van der Waals surface area (Å²) in [6.45, 7) is 12.7. The second-order valence-corrected chi connectivity index (χ2v) is 7.30. The highest BCUT2D eigenvalue weighted by atomic mass is 32.2. The number of ketones is 1. The van der Waals surface area contributed by atoms with Crippen LogP contribution in [-0.4, -0.2) is 39.4 Å². The van der Waals surface area contributed by atoms with E-state index in [0.717, 1.165) is 53.0 Å². The Kier molecular flexibility index (Phi) is 6.90. The molecule has 2 aromatic rings. The van der Waals surface area contributed by atoms with Crippen LogP contribution in [0.15, 0.2) is 11.2 Å².